The van der Waals surface area contributed by atoms with Crippen LogP contribution in [0.5, 0.6) is 0 Å². The number of carbonyl (C=O) groups excluding carboxylic acids is 1. The lowest BCUT2D eigenvalue weighted by atomic mass is 10.3. The molecule has 4 nitrogen and oxygen atoms in total. The molecule has 1 rings (SSSR count). The molecular weight excluding hydrogens is 200 g/mol. The van der Waals surface area contributed by atoms with Crippen molar-refractivity contribution >= 4 is 17.2 Å². The van der Waals surface area contributed by atoms with Crippen molar-refractivity contribution in [2.24, 2.45) is 0 Å². The zero-order chi connectivity index (χ0) is 10.7. The third kappa shape index (κ3) is 2.45. The van der Waals surface area contributed by atoms with Crippen LogP contribution in [0, 0.1) is 6.92 Å². The van der Waals surface area contributed by atoms with E-state index in [1.54, 1.807) is 18.7 Å². The molecule has 0 N–H and O–H groups in total. The van der Waals surface area contributed by atoms with Crippen LogP contribution < -0.4 is 4.87 Å². The van der Waals surface area contributed by atoms with Crippen LogP contribution in [-0.4, -0.2) is 29.5 Å². The van der Waals surface area contributed by atoms with Gasteiger partial charge in [0.25, 0.3) is 0 Å². The fourth-order valence-electron chi connectivity index (χ4n) is 1.11. The SMILES string of the molecule is Cc1csc(=O)n1CCC(=O)N(C)C. The first-order chi connectivity index (χ1) is 6.52. The molecular formula is C9H14N2O2S. The summed E-state index contributed by atoms with van der Waals surface area (Å²) in [4.78, 5) is 24.1. The summed E-state index contributed by atoms with van der Waals surface area (Å²) >= 11 is 1.17. The molecule has 5 heteroatoms. The molecule has 0 saturated heterocycles. The van der Waals surface area contributed by atoms with Crippen molar-refractivity contribution in [2.75, 3.05) is 14.1 Å². The Bertz CT molecular complexity index is 378. The smallest absolute Gasteiger partial charge is 0.307 e. The Kier molecular flexibility index (Phi) is 3.46. The molecule has 0 radical (unpaired) electrons. The lowest BCUT2D eigenvalue weighted by Crippen LogP contribution is -2.25. The number of nitrogens with zero attached hydrogens (tertiary/aromatic N) is 2. The number of carbonyl (C=O) groups is 1. The summed E-state index contributed by atoms with van der Waals surface area (Å²) in [6.07, 6.45) is 0.379. The Morgan fingerprint density at radius 2 is 2.21 bits per heavy atom. The van der Waals surface area contributed by atoms with Crippen molar-refractivity contribution in [1.82, 2.24) is 9.47 Å². The molecule has 1 aromatic rings. The topological polar surface area (TPSA) is 42.3 Å². The van der Waals surface area contributed by atoms with Gasteiger partial charge in [-0.2, -0.15) is 0 Å². The van der Waals surface area contributed by atoms with Crippen molar-refractivity contribution in [3.05, 3.63) is 20.7 Å². The predicted octanol–water partition coefficient (Wildman–Crippen LogP) is 0.697. The molecule has 1 heterocycles. The highest BCUT2D eigenvalue weighted by Gasteiger charge is 2.07. The zero-order valence-electron chi connectivity index (χ0n) is 8.61. The predicted molar refractivity (Wildman–Crippen MR) is 56.6 cm³/mol. The van der Waals surface area contributed by atoms with Crippen LogP contribution in [0.15, 0.2) is 10.2 Å². The van der Waals surface area contributed by atoms with E-state index in [0.29, 0.717) is 13.0 Å². The lowest BCUT2D eigenvalue weighted by molar-refractivity contribution is -0.128. The highest BCUT2D eigenvalue weighted by molar-refractivity contribution is 7.07. The van der Waals surface area contributed by atoms with Gasteiger partial charge < -0.3 is 9.47 Å². The van der Waals surface area contributed by atoms with Gasteiger partial charge in [-0.3, -0.25) is 9.59 Å². The van der Waals surface area contributed by atoms with Gasteiger partial charge in [0.2, 0.25) is 5.91 Å². The Hall–Kier alpha value is -1.10. The van der Waals surface area contributed by atoms with Gasteiger partial charge in [-0.05, 0) is 6.92 Å². The molecule has 0 fully saturated rings. The lowest BCUT2D eigenvalue weighted by Gasteiger charge is -2.10. The zero-order valence-corrected chi connectivity index (χ0v) is 9.43. The summed E-state index contributed by atoms with van der Waals surface area (Å²) in [6.45, 7) is 2.35. The number of amides is 1. The third-order valence-electron chi connectivity index (χ3n) is 2.02. The Labute approximate surface area is 86.8 Å². The molecule has 14 heavy (non-hydrogen) atoms. The average Bonchev–Trinajstić information content (AvgIpc) is 2.43. The second kappa shape index (κ2) is 4.41. The number of aromatic nitrogens is 1. The van der Waals surface area contributed by atoms with E-state index >= 15 is 0 Å². The molecule has 0 aromatic carbocycles. The molecule has 0 aliphatic heterocycles. The minimum Gasteiger partial charge on any atom is -0.349 e. The Balaban J connectivity index is 2.62. The Morgan fingerprint density at radius 1 is 1.57 bits per heavy atom. The van der Waals surface area contributed by atoms with E-state index in [4.69, 9.17) is 0 Å². The highest BCUT2D eigenvalue weighted by Crippen LogP contribution is 2.01. The molecule has 0 aliphatic carbocycles. The van der Waals surface area contributed by atoms with Crippen LogP contribution >= 0.6 is 11.3 Å². The van der Waals surface area contributed by atoms with Gasteiger partial charge in [0.1, 0.15) is 0 Å². The van der Waals surface area contributed by atoms with Gasteiger partial charge in [-0.15, -0.1) is 0 Å². The first-order valence-corrected chi connectivity index (χ1v) is 5.25. The van der Waals surface area contributed by atoms with Crippen LogP contribution in [0.2, 0.25) is 0 Å². The number of rotatable bonds is 3. The highest BCUT2D eigenvalue weighted by atomic mass is 32.1. The van der Waals surface area contributed by atoms with E-state index in [2.05, 4.69) is 0 Å². The van der Waals surface area contributed by atoms with E-state index in [1.165, 1.54) is 16.2 Å². The molecule has 0 saturated carbocycles. The molecule has 0 aliphatic rings. The molecule has 0 atom stereocenters. The largest absolute Gasteiger partial charge is 0.349 e. The first kappa shape index (κ1) is 11.0. The monoisotopic (exact) mass is 214 g/mol. The van der Waals surface area contributed by atoms with E-state index in [-0.39, 0.29) is 10.8 Å². The standard InChI is InChI=1S/C9H14N2O2S/c1-7-6-14-9(13)11(7)5-4-8(12)10(2)3/h6H,4-5H2,1-3H3. The number of hydrogen-bond acceptors (Lipinski definition) is 3. The average molecular weight is 214 g/mol. The fraction of sp³-hybridized carbons (Fsp3) is 0.556. The maximum atomic E-state index is 11.3. The molecule has 0 spiro atoms. The summed E-state index contributed by atoms with van der Waals surface area (Å²) in [5, 5.41) is 1.81. The van der Waals surface area contributed by atoms with E-state index in [1.807, 2.05) is 12.3 Å². The second-order valence-electron chi connectivity index (χ2n) is 3.33. The van der Waals surface area contributed by atoms with Gasteiger partial charge in [0, 0.05) is 38.1 Å². The van der Waals surface area contributed by atoms with Crippen molar-refractivity contribution < 1.29 is 4.79 Å². The number of thiazole rings is 1. The van der Waals surface area contributed by atoms with Crippen LogP contribution in [0.4, 0.5) is 0 Å². The number of aryl methyl sites for hydroxylation is 1. The molecule has 0 unspecified atom stereocenters. The maximum Gasteiger partial charge on any atom is 0.307 e. The first-order valence-electron chi connectivity index (χ1n) is 4.37. The summed E-state index contributed by atoms with van der Waals surface area (Å²) in [7, 11) is 3.43. The van der Waals surface area contributed by atoms with Gasteiger partial charge in [-0.1, -0.05) is 11.3 Å². The molecule has 0 bridgehead atoms. The quantitative estimate of drug-likeness (QED) is 0.743. The van der Waals surface area contributed by atoms with Crippen molar-refractivity contribution in [1.29, 1.82) is 0 Å². The summed E-state index contributed by atoms with van der Waals surface area (Å²) in [5.41, 5.74) is 0.923. The second-order valence-corrected chi connectivity index (χ2v) is 4.15. The van der Waals surface area contributed by atoms with Gasteiger partial charge >= 0.3 is 4.87 Å². The van der Waals surface area contributed by atoms with E-state index in [0.717, 1.165) is 5.69 Å². The van der Waals surface area contributed by atoms with E-state index in [9.17, 15) is 9.59 Å². The number of hydrogen-bond donors (Lipinski definition) is 0. The van der Waals surface area contributed by atoms with Gasteiger partial charge in [0.15, 0.2) is 0 Å². The maximum absolute atomic E-state index is 11.3. The van der Waals surface area contributed by atoms with Gasteiger partial charge in [-0.25, -0.2) is 0 Å². The van der Waals surface area contributed by atoms with Crippen molar-refractivity contribution in [2.45, 2.75) is 19.9 Å². The molecule has 1 amide bonds. The minimum absolute atomic E-state index is 0.00839. The summed E-state index contributed by atoms with van der Waals surface area (Å²) < 4.78 is 1.63. The van der Waals surface area contributed by atoms with Crippen LogP contribution in [0.1, 0.15) is 12.1 Å². The van der Waals surface area contributed by atoms with Crippen LogP contribution in [-0.2, 0) is 11.3 Å². The summed E-state index contributed by atoms with van der Waals surface area (Å²) in [5.74, 6) is 0.0440. The van der Waals surface area contributed by atoms with Crippen LogP contribution in [0.3, 0.4) is 0 Å². The van der Waals surface area contributed by atoms with Crippen molar-refractivity contribution in [3.8, 4) is 0 Å². The van der Waals surface area contributed by atoms with Crippen molar-refractivity contribution in [3.63, 3.8) is 0 Å². The molecule has 78 valence electrons. The summed E-state index contributed by atoms with van der Waals surface area (Å²) in [6, 6.07) is 0. The normalized spacial score (nSPS) is 10.2. The molecule has 1 aromatic heterocycles. The third-order valence-corrected chi connectivity index (χ3v) is 2.91. The Morgan fingerprint density at radius 3 is 2.64 bits per heavy atom. The van der Waals surface area contributed by atoms with Gasteiger partial charge in [0.05, 0.1) is 0 Å². The van der Waals surface area contributed by atoms with E-state index < -0.39 is 0 Å². The minimum atomic E-state index is 0.00839. The fourth-order valence-corrected chi connectivity index (χ4v) is 1.87. The van der Waals surface area contributed by atoms with Crippen LogP contribution in [0.25, 0.3) is 0 Å².